The first-order valence-corrected chi connectivity index (χ1v) is 10.0. The molecule has 6 nitrogen and oxygen atoms in total. The highest BCUT2D eigenvalue weighted by Crippen LogP contribution is 2.53. The van der Waals surface area contributed by atoms with Crippen molar-refractivity contribution in [1.29, 1.82) is 0 Å². The van der Waals surface area contributed by atoms with Gasteiger partial charge in [0.1, 0.15) is 0 Å². The number of carbonyl (C=O) groups excluding carboxylic acids is 2. The number of esters is 1. The average molecular weight is 421 g/mol. The molecule has 1 aromatic rings. The van der Waals surface area contributed by atoms with Gasteiger partial charge in [0.05, 0.1) is 31.5 Å². The number of fused-ring (bicyclic) bond motifs is 4. The van der Waals surface area contributed by atoms with Gasteiger partial charge in [0.15, 0.2) is 0 Å². The highest BCUT2D eigenvalue weighted by Gasteiger charge is 2.60. The van der Waals surface area contributed by atoms with E-state index in [1.165, 1.54) is 13.4 Å². The molecule has 158 valence electrons. The number of nitrogens with one attached hydrogen (secondary N) is 1. The molecule has 1 amide bonds. The molecule has 4 atom stereocenters. The second-order valence-corrected chi connectivity index (χ2v) is 8.04. The molecule has 0 aliphatic carbocycles. The normalized spacial score (nSPS) is 30.9. The number of hydrogen-bond donors (Lipinski definition) is 1. The van der Waals surface area contributed by atoms with Gasteiger partial charge in [-0.15, -0.1) is 12.4 Å². The summed E-state index contributed by atoms with van der Waals surface area (Å²) < 4.78 is 10.3. The lowest BCUT2D eigenvalue weighted by molar-refractivity contribution is -0.137. The first kappa shape index (κ1) is 21.7. The summed E-state index contributed by atoms with van der Waals surface area (Å²) in [4.78, 5) is 28.1. The Morgan fingerprint density at radius 2 is 2.10 bits per heavy atom. The summed E-state index contributed by atoms with van der Waals surface area (Å²) in [6.45, 7) is 3.93. The molecule has 0 radical (unpaired) electrons. The second kappa shape index (κ2) is 8.36. The Bertz CT molecular complexity index is 827. The maximum absolute atomic E-state index is 13.2. The van der Waals surface area contributed by atoms with Gasteiger partial charge in [-0.3, -0.25) is 9.69 Å². The molecular formula is C22H29ClN2O4. The number of halogens is 1. The second-order valence-electron chi connectivity index (χ2n) is 8.04. The van der Waals surface area contributed by atoms with E-state index in [0.29, 0.717) is 11.5 Å². The molecule has 4 rings (SSSR count). The van der Waals surface area contributed by atoms with Crippen LogP contribution in [0.1, 0.15) is 31.7 Å². The molecule has 1 aromatic carbocycles. The lowest BCUT2D eigenvalue weighted by Gasteiger charge is -2.45. The number of ether oxygens (including phenoxy) is 2. The summed E-state index contributed by atoms with van der Waals surface area (Å²) >= 11 is 0. The molecule has 0 aromatic heterocycles. The van der Waals surface area contributed by atoms with Gasteiger partial charge in [-0.1, -0.05) is 31.5 Å². The Morgan fingerprint density at radius 3 is 2.79 bits per heavy atom. The summed E-state index contributed by atoms with van der Waals surface area (Å²) in [5, 5.41) is 3.10. The molecule has 2 fully saturated rings. The van der Waals surface area contributed by atoms with Crippen LogP contribution in [0.15, 0.2) is 36.1 Å². The number of methoxy groups -OCH3 is 2. The quantitative estimate of drug-likeness (QED) is 0.460. The molecule has 29 heavy (non-hydrogen) atoms. The van der Waals surface area contributed by atoms with Crippen LogP contribution in [0.4, 0.5) is 5.69 Å². The maximum Gasteiger partial charge on any atom is 0.337 e. The van der Waals surface area contributed by atoms with Crippen LogP contribution in [-0.4, -0.2) is 50.1 Å². The van der Waals surface area contributed by atoms with E-state index in [1.54, 1.807) is 7.11 Å². The van der Waals surface area contributed by atoms with E-state index in [2.05, 4.69) is 23.2 Å². The molecule has 2 saturated heterocycles. The number of piperidine rings is 1. The molecule has 1 spiro atoms. The SMILES string of the molecule is CCC1CN2CCC3(C(=O)Nc4ccccc43)C2CC1/C(=C/OC)C(=O)OC.Cl. The van der Waals surface area contributed by atoms with Gasteiger partial charge in [0.25, 0.3) is 0 Å². The molecule has 3 aliphatic rings. The zero-order chi connectivity index (χ0) is 19.9. The predicted molar refractivity (Wildman–Crippen MR) is 113 cm³/mol. The molecule has 4 unspecified atom stereocenters. The fourth-order valence-corrected chi connectivity index (χ4v) is 5.63. The van der Waals surface area contributed by atoms with Crippen LogP contribution >= 0.6 is 12.4 Å². The van der Waals surface area contributed by atoms with Crippen molar-refractivity contribution in [2.24, 2.45) is 11.8 Å². The van der Waals surface area contributed by atoms with E-state index in [0.717, 1.165) is 43.6 Å². The molecule has 0 bridgehead atoms. The van der Waals surface area contributed by atoms with Crippen molar-refractivity contribution in [2.75, 3.05) is 32.6 Å². The van der Waals surface area contributed by atoms with Crippen LogP contribution in [-0.2, 0) is 24.5 Å². The van der Waals surface area contributed by atoms with Gasteiger partial charge in [-0.2, -0.15) is 0 Å². The molecule has 0 saturated carbocycles. The van der Waals surface area contributed by atoms with Gasteiger partial charge < -0.3 is 14.8 Å². The number of rotatable bonds is 4. The van der Waals surface area contributed by atoms with Crippen molar-refractivity contribution in [1.82, 2.24) is 4.90 Å². The van der Waals surface area contributed by atoms with Gasteiger partial charge in [-0.25, -0.2) is 4.79 Å². The van der Waals surface area contributed by atoms with E-state index in [-0.39, 0.29) is 36.2 Å². The Morgan fingerprint density at radius 1 is 1.34 bits per heavy atom. The van der Waals surface area contributed by atoms with Crippen molar-refractivity contribution in [3.8, 4) is 0 Å². The van der Waals surface area contributed by atoms with E-state index < -0.39 is 5.41 Å². The van der Waals surface area contributed by atoms with Gasteiger partial charge in [-0.05, 0) is 42.9 Å². The Labute approximate surface area is 178 Å². The molecular weight excluding hydrogens is 392 g/mol. The van der Waals surface area contributed by atoms with Gasteiger partial charge >= 0.3 is 5.97 Å². The Balaban J connectivity index is 0.00000240. The molecule has 7 heteroatoms. The number of para-hydroxylation sites is 1. The van der Waals surface area contributed by atoms with E-state index in [9.17, 15) is 9.59 Å². The van der Waals surface area contributed by atoms with Crippen LogP contribution in [0.2, 0.25) is 0 Å². The third-order valence-corrected chi connectivity index (χ3v) is 6.97. The summed E-state index contributed by atoms with van der Waals surface area (Å²) in [7, 11) is 2.95. The zero-order valence-electron chi connectivity index (χ0n) is 17.1. The zero-order valence-corrected chi connectivity index (χ0v) is 18.0. The first-order valence-electron chi connectivity index (χ1n) is 10.0. The van der Waals surface area contributed by atoms with E-state index in [1.807, 2.05) is 18.2 Å². The van der Waals surface area contributed by atoms with E-state index in [4.69, 9.17) is 9.47 Å². The summed E-state index contributed by atoms with van der Waals surface area (Å²) in [6.07, 6.45) is 4.04. The molecule has 3 aliphatic heterocycles. The highest BCUT2D eigenvalue weighted by atomic mass is 35.5. The lowest BCUT2D eigenvalue weighted by Crippen LogP contribution is -2.53. The van der Waals surface area contributed by atoms with Crippen molar-refractivity contribution in [2.45, 2.75) is 37.6 Å². The van der Waals surface area contributed by atoms with Gasteiger partial charge in [0.2, 0.25) is 5.91 Å². The van der Waals surface area contributed by atoms with Crippen LogP contribution in [0.5, 0.6) is 0 Å². The minimum atomic E-state index is -0.540. The topological polar surface area (TPSA) is 67.9 Å². The smallest absolute Gasteiger partial charge is 0.337 e. The van der Waals surface area contributed by atoms with Crippen molar-refractivity contribution in [3.63, 3.8) is 0 Å². The minimum absolute atomic E-state index is 0. The maximum atomic E-state index is 13.2. The monoisotopic (exact) mass is 420 g/mol. The summed E-state index contributed by atoms with van der Waals surface area (Å²) in [5.41, 5.74) is 2.05. The number of amides is 1. The number of hydrogen-bond acceptors (Lipinski definition) is 5. The van der Waals surface area contributed by atoms with E-state index >= 15 is 0 Å². The van der Waals surface area contributed by atoms with Crippen LogP contribution < -0.4 is 5.32 Å². The lowest BCUT2D eigenvalue weighted by atomic mass is 9.67. The molecule has 3 heterocycles. The average Bonchev–Trinajstić information content (AvgIpc) is 3.23. The summed E-state index contributed by atoms with van der Waals surface area (Å²) in [5.74, 6) is 0.0769. The number of anilines is 1. The number of nitrogens with zero attached hydrogens (tertiary/aromatic N) is 1. The van der Waals surface area contributed by atoms with Crippen molar-refractivity contribution >= 4 is 30.0 Å². The van der Waals surface area contributed by atoms with Crippen LogP contribution in [0.25, 0.3) is 0 Å². The largest absolute Gasteiger partial charge is 0.504 e. The predicted octanol–water partition coefficient (Wildman–Crippen LogP) is 3.12. The Hall–Kier alpha value is -2.05. The third kappa shape index (κ3) is 3.22. The third-order valence-electron chi connectivity index (χ3n) is 6.97. The number of carbonyl (C=O) groups is 2. The fourth-order valence-electron chi connectivity index (χ4n) is 5.63. The highest BCUT2D eigenvalue weighted by molar-refractivity contribution is 6.07. The van der Waals surface area contributed by atoms with Gasteiger partial charge in [0, 0.05) is 18.3 Å². The van der Waals surface area contributed by atoms with Crippen molar-refractivity contribution < 1.29 is 19.1 Å². The fraction of sp³-hybridized carbons (Fsp3) is 0.545. The number of benzene rings is 1. The van der Waals surface area contributed by atoms with Crippen molar-refractivity contribution in [3.05, 3.63) is 41.7 Å². The summed E-state index contributed by atoms with van der Waals surface area (Å²) in [6, 6.07) is 8.07. The Kier molecular flexibility index (Phi) is 6.24. The molecule has 1 N–H and O–H groups in total. The standard InChI is InChI=1S/C22H28N2O4.ClH/c1-4-14-12-24-10-9-22(17-7-5-6-8-18(17)23-21(22)26)19(24)11-15(14)16(13-27-2)20(25)28-3;/h5-8,13-15,19H,4,9-12H2,1-3H3,(H,23,26);1H/b16-13-;. The van der Waals surface area contributed by atoms with Crippen LogP contribution in [0, 0.1) is 11.8 Å². The minimum Gasteiger partial charge on any atom is -0.504 e. The van der Waals surface area contributed by atoms with Crippen LogP contribution in [0.3, 0.4) is 0 Å². The first-order chi connectivity index (χ1) is 13.6.